The van der Waals surface area contributed by atoms with E-state index in [0.717, 1.165) is 49.3 Å². The molecule has 188 valence electrons. The summed E-state index contributed by atoms with van der Waals surface area (Å²) in [6.07, 6.45) is 0.847. The summed E-state index contributed by atoms with van der Waals surface area (Å²) in [7, 11) is 0. The number of halogens is 4. The number of aldehydes is 1. The van der Waals surface area contributed by atoms with Crippen LogP contribution in [0.25, 0.3) is 0 Å². The molecule has 0 aliphatic rings. The van der Waals surface area contributed by atoms with Crippen molar-refractivity contribution < 1.29 is 32.0 Å². The van der Waals surface area contributed by atoms with Crippen LogP contribution in [0, 0.1) is 18.7 Å². The molecule has 0 bridgehead atoms. The maximum absolute atomic E-state index is 12.6. The third-order valence-corrected chi connectivity index (χ3v) is 4.52. The lowest BCUT2D eigenvalue weighted by Gasteiger charge is -2.14. The Morgan fingerprint density at radius 1 is 1.18 bits per heavy atom. The van der Waals surface area contributed by atoms with E-state index >= 15 is 0 Å². The Labute approximate surface area is 193 Å². The lowest BCUT2D eigenvalue weighted by Crippen LogP contribution is -2.07. The first-order valence-electron chi connectivity index (χ1n) is 11.0. The van der Waals surface area contributed by atoms with E-state index in [1.54, 1.807) is 0 Å². The first kappa shape index (κ1) is 30.6. The Morgan fingerprint density at radius 2 is 1.82 bits per heavy atom. The molecule has 0 amide bonds. The number of benzene rings is 1. The highest BCUT2D eigenvalue weighted by Crippen LogP contribution is 2.31. The third kappa shape index (κ3) is 13.0. The quantitative estimate of drug-likeness (QED) is 0.309. The van der Waals surface area contributed by atoms with Gasteiger partial charge in [-0.1, -0.05) is 44.8 Å². The highest BCUT2D eigenvalue weighted by Gasteiger charge is 2.33. The number of alkyl halides is 3. The van der Waals surface area contributed by atoms with Crippen LogP contribution in [0.3, 0.4) is 0 Å². The number of hydrogen-bond donors (Lipinski definition) is 2. The third-order valence-electron chi connectivity index (χ3n) is 4.52. The van der Waals surface area contributed by atoms with Gasteiger partial charge < -0.3 is 19.7 Å². The molecule has 1 unspecified atom stereocenters. The Kier molecular flexibility index (Phi) is 15.0. The van der Waals surface area contributed by atoms with Crippen LogP contribution in [0.1, 0.15) is 76.1 Å². The molecular formula is C24H36F4N2O3. The minimum atomic E-state index is -4.60. The van der Waals surface area contributed by atoms with E-state index in [1.165, 1.54) is 26.3 Å². The predicted molar refractivity (Wildman–Crippen MR) is 122 cm³/mol. The van der Waals surface area contributed by atoms with E-state index in [0.29, 0.717) is 23.9 Å². The largest absolute Gasteiger partial charge is 0.419 e. The van der Waals surface area contributed by atoms with Gasteiger partial charge in [-0.15, -0.1) is 0 Å². The van der Waals surface area contributed by atoms with Crippen LogP contribution in [0.4, 0.5) is 23.4 Å². The van der Waals surface area contributed by atoms with Crippen LogP contribution in [0.5, 0.6) is 0 Å². The number of aromatic nitrogens is 1. The SMILES string of the molecule is CC=O.CCCC(CCC(C)C)c1cc(NCCO)on1.Cc1ccc(C(F)(F)F)c(F)c1. The lowest BCUT2D eigenvalue weighted by molar-refractivity contribution is -0.140. The van der Waals surface area contributed by atoms with Crippen LogP contribution in [0.2, 0.25) is 0 Å². The number of carbonyl (C=O) groups excluding carboxylic acids is 1. The van der Waals surface area contributed by atoms with Gasteiger partial charge in [0.05, 0.1) is 17.9 Å². The van der Waals surface area contributed by atoms with E-state index in [1.807, 2.05) is 6.07 Å². The molecule has 1 aromatic carbocycles. The molecule has 0 aliphatic carbocycles. The van der Waals surface area contributed by atoms with Crippen molar-refractivity contribution in [2.24, 2.45) is 5.92 Å². The number of anilines is 1. The van der Waals surface area contributed by atoms with Crippen molar-refractivity contribution in [3.63, 3.8) is 0 Å². The molecule has 5 nitrogen and oxygen atoms in total. The van der Waals surface area contributed by atoms with Crippen LogP contribution in [0.15, 0.2) is 28.8 Å². The number of carbonyl (C=O) groups is 1. The van der Waals surface area contributed by atoms with Crippen molar-refractivity contribution in [2.45, 2.75) is 72.4 Å². The van der Waals surface area contributed by atoms with Crippen molar-refractivity contribution >= 4 is 12.2 Å². The molecule has 1 heterocycles. The second kappa shape index (κ2) is 16.2. The average molecular weight is 477 g/mol. The number of aliphatic hydroxyl groups excluding tert-OH is 1. The first-order valence-corrected chi connectivity index (χ1v) is 11.0. The summed E-state index contributed by atoms with van der Waals surface area (Å²) in [5.74, 6) is 0.654. The number of nitrogens with one attached hydrogen (secondary N) is 1. The minimum Gasteiger partial charge on any atom is -0.395 e. The lowest BCUT2D eigenvalue weighted by atomic mass is 9.91. The number of rotatable bonds is 9. The zero-order valence-corrected chi connectivity index (χ0v) is 20.0. The van der Waals surface area contributed by atoms with Gasteiger partial charge in [0.1, 0.15) is 12.1 Å². The molecule has 2 N–H and O–H groups in total. The molecule has 0 fully saturated rings. The van der Waals surface area contributed by atoms with Gasteiger partial charge in [0.15, 0.2) is 0 Å². The Balaban J connectivity index is 0.000000588. The molecule has 2 aromatic rings. The van der Waals surface area contributed by atoms with Gasteiger partial charge in [0.2, 0.25) is 5.88 Å². The molecular weight excluding hydrogens is 440 g/mol. The molecule has 0 saturated heterocycles. The number of aliphatic hydroxyl groups is 1. The highest BCUT2D eigenvalue weighted by molar-refractivity contribution is 5.44. The van der Waals surface area contributed by atoms with Gasteiger partial charge in [0, 0.05) is 18.5 Å². The molecule has 1 aromatic heterocycles. The monoisotopic (exact) mass is 476 g/mol. The molecule has 1 atom stereocenters. The van der Waals surface area contributed by atoms with Crippen LogP contribution >= 0.6 is 0 Å². The summed E-state index contributed by atoms with van der Waals surface area (Å²) < 4.78 is 53.7. The maximum Gasteiger partial charge on any atom is 0.419 e. The average Bonchev–Trinajstić information content (AvgIpc) is 3.18. The number of nitrogens with zero attached hydrogens (tertiary/aromatic N) is 1. The molecule has 0 spiro atoms. The molecule has 33 heavy (non-hydrogen) atoms. The zero-order valence-electron chi connectivity index (χ0n) is 20.0. The van der Waals surface area contributed by atoms with Crippen LogP contribution in [-0.4, -0.2) is 29.7 Å². The summed E-state index contributed by atoms with van der Waals surface area (Å²) in [6.45, 7) is 10.3. The minimum absolute atomic E-state index is 0.0990. The first-order chi connectivity index (χ1) is 15.5. The second-order valence-corrected chi connectivity index (χ2v) is 7.94. The van der Waals surface area contributed by atoms with E-state index < -0.39 is 17.6 Å². The fraction of sp³-hybridized carbons (Fsp3) is 0.583. The summed E-state index contributed by atoms with van der Waals surface area (Å²) in [5.41, 5.74) is 0.298. The van der Waals surface area contributed by atoms with Crippen molar-refractivity contribution in [1.29, 1.82) is 0 Å². The van der Waals surface area contributed by atoms with Gasteiger partial charge >= 0.3 is 6.18 Å². The van der Waals surface area contributed by atoms with E-state index in [9.17, 15) is 17.6 Å². The summed E-state index contributed by atoms with van der Waals surface area (Å²) in [6, 6.07) is 4.80. The summed E-state index contributed by atoms with van der Waals surface area (Å²) in [5, 5.41) is 15.9. The predicted octanol–water partition coefficient (Wildman–Crippen LogP) is 6.76. The standard InChI is InChI=1S/C14H26N2O2.C8H6F4.C2H4O/c1-4-5-12(7-6-11(2)3)13-10-14(18-16-13)15-8-9-17;1-5-2-3-6(7(9)4-5)8(10,11)12;1-2-3/h10-12,15,17H,4-9H2,1-3H3;2-4H,1H3;2H,1H3. The molecule has 0 radical (unpaired) electrons. The highest BCUT2D eigenvalue weighted by atomic mass is 19.4. The Morgan fingerprint density at radius 3 is 2.30 bits per heavy atom. The number of hydrogen-bond acceptors (Lipinski definition) is 5. The van der Waals surface area contributed by atoms with Gasteiger partial charge in [-0.25, -0.2) is 4.39 Å². The fourth-order valence-electron chi connectivity index (χ4n) is 2.92. The van der Waals surface area contributed by atoms with Crippen molar-refractivity contribution in [1.82, 2.24) is 5.16 Å². The Bertz CT molecular complexity index is 792. The molecule has 2 rings (SSSR count). The number of aryl methyl sites for hydroxylation is 1. The Hall–Kier alpha value is -2.42. The van der Waals surface area contributed by atoms with Crippen molar-refractivity contribution in [2.75, 3.05) is 18.5 Å². The second-order valence-electron chi connectivity index (χ2n) is 7.94. The van der Waals surface area contributed by atoms with E-state index in [2.05, 4.69) is 31.2 Å². The topological polar surface area (TPSA) is 75.4 Å². The normalized spacial score (nSPS) is 11.7. The van der Waals surface area contributed by atoms with E-state index in [4.69, 9.17) is 14.4 Å². The van der Waals surface area contributed by atoms with Crippen LogP contribution in [-0.2, 0) is 11.0 Å². The smallest absolute Gasteiger partial charge is 0.395 e. The maximum atomic E-state index is 12.6. The zero-order chi connectivity index (χ0) is 25.4. The van der Waals surface area contributed by atoms with Gasteiger partial charge in [-0.05, 0) is 50.3 Å². The van der Waals surface area contributed by atoms with Gasteiger partial charge in [0.25, 0.3) is 0 Å². The summed E-state index contributed by atoms with van der Waals surface area (Å²) in [4.78, 5) is 8.81. The molecule has 9 heteroatoms. The molecule has 0 aliphatic heterocycles. The molecule has 0 saturated carbocycles. The van der Waals surface area contributed by atoms with Crippen LogP contribution < -0.4 is 5.32 Å². The van der Waals surface area contributed by atoms with Gasteiger partial charge in [-0.3, -0.25) is 0 Å². The van der Waals surface area contributed by atoms with Crippen molar-refractivity contribution in [3.05, 3.63) is 46.9 Å². The van der Waals surface area contributed by atoms with E-state index in [-0.39, 0.29) is 6.61 Å². The van der Waals surface area contributed by atoms with Crippen molar-refractivity contribution in [3.8, 4) is 0 Å². The fourth-order valence-corrected chi connectivity index (χ4v) is 2.92. The van der Waals surface area contributed by atoms with Gasteiger partial charge in [-0.2, -0.15) is 13.2 Å². The summed E-state index contributed by atoms with van der Waals surface area (Å²) >= 11 is 0.